The first-order chi connectivity index (χ1) is 8.21. The molecule has 1 aromatic carbocycles. The van der Waals surface area contributed by atoms with E-state index in [1.807, 2.05) is 24.3 Å². The van der Waals surface area contributed by atoms with Crippen molar-refractivity contribution >= 4 is 0 Å². The molecule has 0 spiro atoms. The van der Waals surface area contributed by atoms with E-state index in [0.29, 0.717) is 12.8 Å². The van der Waals surface area contributed by atoms with E-state index >= 15 is 0 Å². The van der Waals surface area contributed by atoms with Crippen molar-refractivity contribution < 1.29 is 14.6 Å². The minimum Gasteiger partial charge on any atom is -0.497 e. The summed E-state index contributed by atoms with van der Waals surface area (Å²) in [5, 5.41) is 9.74. The number of ether oxygens (including phenoxy) is 2. The average molecular weight is 236 g/mol. The summed E-state index contributed by atoms with van der Waals surface area (Å²) in [6.07, 6.45) is 2.34. The summed E-state index contributed by atoms with van der Waals surface area (Å²) in [5.74, 6) is 0.815. The van der Waals surface area contributed by atoms with Crippen LogP contribution in [0.2, 0.25) is 0 Å². The lowest BCUT2D eigenvalue weighted by Gasteiger charge is -2.19. The quantitative estimate of drug-likeness (QED) is 0.740. The third kappa shape index (κ3) is 4.21. The second-order valence-electron chi connectivity index (χ2n) is 3.91. The standard InChI is InChI=1S/C14H20O3/c1-4-5-12(15)10-14(17-3)11-6-8-13(16-2)9-7-11/h4,6-9,12,14-15H,1,5,10H2,2-3H3/t12-,14-/m0/s1. The Morgan fingerprint density at radius 3 is 2.41 bits per heavy atom. The number of benzene rings is 1. The zero-order valence-corrected chi connectivity index (χ0v) is 10.4. The number of aliphatic hydroxyl groups excluding tert-OH is 1. The van der Waals surface area contributed by atoms with E-state index in [1.165, 1.54) is 0 Å². The lowest BCUT2D eigenvalue weighted by molar-refractivity contribution is 0.0456. The van der Waals surface area contributed by atoms with Gasteiger partial charge in [-0.05, 0) is 24.1 Å². The van der Waals surface area contributed by atoms with Gasteiger partial charge in [0.15, 0.2) is 0 Å². The fraction of sp³-hybridized carbons (Fsp3) is 0.429. The maximum Gasteiger partial charge on any atom is 0.118 e. The van der Waals surface area contributed by atoms with Crippen LogP contribution in [0, 0.1) is 0 Å². The molecule has 0 saturated carbocycles. The molecule has 2 atom stereocenters. The predicted octanol–water partition coefficient (Wildman–Crippen LogP) is 2.71. The molecule has 1 aromatic rings. The smallest absolute Gasteiger partial charge is 0.118 e. The Morgan fingerprint density at radius 1 is 1.29 bits per heavy atom. The molecule has 94 valence electrons. The van der Waals surface area contributed by atoms with Crippen LogP contribution >= 0.6 is 0 Å². The number of rotatable bonds is 7. The third-order valence-corrected chi connectivity index (χ3v) is 2.70. The van der Waals surface area contributed by atoms with Crippen LogP contribution in [0.4, 0.5) is 0 Å². The molecule has 1 rings (SSSR count). The van der Waals surface area contributed by atoms with Crippen molar-refractivity contribution in [2.45, 2.75) is 25.0 Å². The van der Waals surface area contributed by atoms with Gasteiger partial charge in [0.1, 0.15) is 5.75 Å². The minimum absolute atomic E-state index is 0.101. The van der Waals surface area contributed by atoms with Crippen LogP contribution in [-0.2, 0) is 4.74 Å². The van der Waals surface area contributed by atoms with Gasteiger partial charge < -0.3 is 14.6 Å². The van der Waals surface area contributed by atoms with E-state index in [4.69, 9.17) is 9.47 Å². The van der Waals surface area contributed by atoms with Crippen LogP contribution in [0.15, 0.2) is 36.9 Å². The van der Waals surface area contributed by atoms with E-state index in [2.05, 4.69) is 6.58 Å². The van der Waals surface area contributed by atoms with Crippen LogP contribution < -0.4 is 4.74 Å². The largest absolute Gasteiger partial charge is 0.497 e. The molecule has 0 saturated heterocycles. The van der Waals surface area contributed by atoms with E-state index in [1.54, 1.807) is 20.3 Å². The van der Waals surface area contributed by atoms with E-state index < -0.39 is 6.10 Å². The summed E-state index contributed by atoms with van der Waals surface area (Å²) in [5.41, 5.74) is 1.04. The van der Waals surface area contributed by atoms with Crippen LogP contribution in [0.5, 0.6) is 5.75 Å². The molecule has 0 radical (unpaired) electrons. The first-order valence-electron chi connectivity index (χ1n) is 5.67. The first kappa shape index (κ1) is 13.7. The Kier molecular flexibility index (Phi) is 5.73. The topological polar surface area (TPSA) is 38.7 Å². The third-order valence-electron chi connectivity index (χ3n) is 2.70. The highest BCUT2D eigenvalue weighted by Crippen LogP contribution is 2.25. The first-order valence-corrected chi connectivity index (χ1v) is 5.67. The Labute approximate surface area is 103 Å². The zero-order chi connectivity index (χ0) is 12.7. The van der Waals surface area contributed by atoms with Crippen LogP contribution in [-0.4, -0.2) is 25.4 Å². The van der Waals surface area contributed by atoms with Crippen molar-refractivity contribution in [3.05, 3.63) is 42.5 Å². The van der Waals surface area contributed by atoms with Crippen molar-refractivity contribution in [2.24, 2.45) is 0 Å². The van der Waals surface area contributed by atoms with Crippen LogP contribution in [0.3, 0.4) is 0 Å². The van der Waals surface area contributed by atoms with Gasteiger partial charge in [0.05, 0.1) is 19.3 Å². The second-order valence-corrected chi connectivity index (χ2v) is 3.91. The molecule has 0 heterocycles. The molecule has 0 amide bonds. The second kappa shape index (κ2) is 7.09. The minimum atomic E-state index is -0.417. The summed E-state index contributed by atoms with van der Waals surface area (Å²) in [4.78, 5) is 0. The fourth-order valence-electron chi connectivity index (χ4n) is 1.72. The molecule has 0 unspecified atom stereocenters. The van der Waals surface area contributed by atoms with Gasteiger partial charge in [0, 0.05) is 13.5 Å². The molecule has 0 aliphatic rings. The van der Waals surface area contributed by atoms with Gasteiger partial charge in [-0.15, -0.1) is 6.58 Å². The van der Waals surface area contributed by atoms with Crippen LogP contribution in [0.1, 0.15) is 24.5 Å². The maximum atomic E-state index is 9.74. The van der Waals surface area contributed by atoms with Gasteiger partial charge >= 0.3 is 0 Å². The van der Waals surface area contributed by atoms with Crippen molar-refractivity contribution in [1.82, 2.24) is 0 Å². The van der Waals surface area contributed by atoms with Gasteiger partial charge in [-0.25, -0.2) is 0 Å². The van der Waals surface area contributed by atoms with Gasteiger partial charge in [0.25, 0.3) is 0 Å². The summed E-state index contributed by atoms with van der Waals surface area (Å²) < 4.78 is 10.5. The lowest BCUT2D eigenvalue weighted by atomic mass is 10.0. The molecule has 3 heteroatoms. The molecule has 0 bridgehead atoms. The number of methoxy groups -OCH3 is 2. The molecule has 0 fully saturated rings. The molecule has 0 aliphatic carbocycles. The number of aliphatic hydroxyl groups is 1. The highest BCUT2D eigenvalue weighted by Gasteiger charge is 2.15. The Hall–Kier alpha value is -1.32. The van der Waals surface area contributed by atoms with Gasteiger partial charge in [-0.3, -0.25) is 0 Å². The van der Waals surface area contributed by atoms with Crippen molar-refractivity contribution in [3.8, 4) is 5.75 Å². The Bertz CT molecular complexity index is 332. The maximum absolute atomic E-state index is 9.74. The molecule has 0 aromatic heterocycles. The van der Waals surface area contributed by atoms with Gasteiger partial charge in [0.2, 0.25) is 0 Å². The zero-order valence-electron chi connectivity index (χ0n) is 10.4. The van der Waals surface area contributed by atoms with Crippen LogP contribution in [0.25, 0.3) is 0 Å². The van der Waals surface area contributed by atoms with E-state index in [0.717, 1.165) is 11.3 Å². The van der Waals surface area contributed by atoms with Crippen molar-refractivity contribution in [1.29, 1.82) is 0 Å². The molecular weight excluding hydrogens is 216 g/mol. The Morgan fingerprint density at radius 2 is 1.94 bits per heavy atom. The molecule has 3 nitrogen and oxygen atoms in total. The molecule has 1 N–H and O–H groups in total. The van der Waals surface area contributed by atoms with Crippen molar-refractivity contribution in [3.63, 3.8) is 0 Å². The summed E-state index contributed by atoms with van der Waals surface area (Å²) >= 11 is 0. The van der Waals surface area contributed by atoms with Crippen molar-refractivity contribution in [2.75, 3.05) is 14.2 Å². The SMILES string of the molecule is C=CC[C@H](O)C[C@H](OC)c1ccc(OC)cc1. The summed E-state index contributed by atoms with van der Waals surface area (Å²) in [6, 6.07) is 7.68. The molecule has 17 heavy (non-hydrogen) atoms. The predicted molar refractivity (Wildman–Crippen MR) is 68.2 cm³/mol. The summed E-state index contributed by atoms with van der Waals surface area (Å²) in [7, 11) is 3.28. The fourth-order valence-corrected chi connectivity index (χ4v) is 1.72. The monoisotopic (exact) mass is 236 g/mol. The Balaban J connectivity index is 2.68. The van der Waals surface area contributed by atoms with E-state index in [-0.39, 0.29) is 6.10 Å². The van der Waals surface area contributed by atoms with E-state index in [9.17, 15) is 5.11 Å². The van der Waals surface area contributed by atoms with Gasteiger partial charge in [-0.2, -0.15) is 0 Å². The summed E-state index contributed by atoms with van der Waals surface area (Å²) in [6.45, 7) is 3.61. The number of hydrogen-bond donors (Lipinski definition) is 1. The lowest BCUT2D eigenvalue weighted by Crippen LogP contribution is -2.13. The highest BCUT2D eigenvalue weighted by atomic mass is 16.5. The molecule has 0 aliphatic heterocycles. The number of hydrogen-bond acceptors (Lipinski definition) is 3. The average Bonchev–Trinajstić information content (AvgIpc) is 2.36. The molecular formula is C14H20O3. The highest BCUT2D eigenvalue weighted by molar-refractivity contribution is 5.28. The normalized spacial score (nSPS) is 14.1. The van der Waals surface area contributed by atoms with Gasteiger partial charge in [-0.1, -0.05) is 18.2 Å².